The van der Waals surface area contributed by atoms with Gasteiger partial charge in [-0.25, -0.2) is 0 Å². The molecule has 0 spiro atoms. The van der Waals surface area contributed by atoms with E-state index in [1.165, 1.54) is 0 Å². The highest BCUT2D eigenvalue weighted by atomic mass is 16.5. The van der Waals surface area contributed by atoms with Crippen molar-refractivity contribution in [2.24, 2.45) is 0 Å². The van der Waals surface area contributed by atoms with Crippen LogP contribution in [0.25, 0.3) is 0 Å². The highest BCUT2D eigenvalue weighted by molar-refractivity contribution is 5.87. The molecule has 178 valence electrons. The van der Waals surface area contributed by atoms with Gasteiger partial charge in [0.15, 0.2) is 0 Å². The molecule has 3 rings (SSSR count). The van der Waals surface area contributed by atoms with Gasteiger partial charge in [0.25, 0.3) is 0 Å². The molecule has 0 unspecified atom stereocenters. The molecule has 0 aromatic heterocycles. The molecule has 1 fully saturated rings. The molecule has 1 aliphatic rings. The maximum absolute atomic E-state index is 13.1. The van der Waals surface area contributed by atoms with E-state index in [-0.39, 0.29) is 17.9 Å². The largest absolute Gasteiger partial charge is 0.497 e. The molecular formula is C27H36N2O4. The van der Waals surface area contributed by atoms with Gasteiger partial charge in [-0.1, -0.05) is 43.2 Å². The molecule has 6 heteroatoms. The monoisotopic (exact) mass is 452 g/mol. The fourth-order valence-corrected chi connectivity index (χ4v) is 4.19. The quantitative estimate of drug-likeness (QED) is 0.486. The number of methoxy groups -OCH3 is 1. The lowest BCUT2D eigenvalue weighted by molar-refractivity contribution is -0.140. The Morgan fingerprint density at radius 3 is 2.36 bits per heavy atom. The van der Waals surface area contributed by atoms with Crippen molar-refractivity contribution in [3.8, 4) is 11.5 Å². The van der Waals surface area contributed by atoms with Gasteiger partial charge in [0.1, 0.15) is 17.5 Å². The predicted molar refractivity (Wildman–Crippen MR) is 129 cm³/mol. The minimum atomic E-state index is -0.496. The molecule has 2 aromatic carbocycles. The Labute approximate surface area is 197 Å². The standard InChI is InChI=1S/C27H36N2O4/c1-21(27(31)28-23-11-6-7-12-23)29(19-18-22-9-4-3-5-10-22)26(30)13-8-20-33-25-16-14-24(32-2)15-17-25/h3-5,9-10,14-17,21,23H,6-8,11-13,18-20H2,1-2H3,(H,28,31)/t21-/m1/s1. The number of hydrogen-bond donors (Lipinski definition) is 1. The summed E-state index contributed by atoms with van der Waals surface area (Å²) in [5, 5.41) is 3.14. The van der Waals surface area contributed by atoms with Crippen LogP contribution in [0.5, 0.6) is 11.5 Å². The third-order valence-electron chi connectivity index (χ3n) is 6.22. The van der Waals surface area contributed by atoms with E-state index in [2.05, 4.69) is 17.4 Å². The summed E-state index contributed by atoms with van der Waals surface area (Å²) in [6, 6.07) is 17.2. The van der Waals surface area contributed by atoms with Crippen molar-refractivity contribution >= 4 is 11.8 Å². The number of benzene rings is 2. The molecule has 1 aliphatic carbocycles. The van der Waals surface area contributed by atoms with Crippen molar-refractivity contribution in [1.82, 2.24) is 10.2 Å². The Balaban J connectivity index is 1.53. The van der Waals surface area contributed by atoms with Crippen LogP contribution in [0.15, 0.2) is 54.6 Å². The second-order valence-corrected chi connectivity index (χ2v) is 8.62. The van der Waals surface area contributed by atoms with Gasteiger partial charge in [-0.3, -0.25) is 9.59 Å². The van der Waals surface area contributed by atoms with Crippen LogP contribution in [0.2, 0.25) is 0 Å². The van der Waals surface area contributed by atoms with Crippen LogP contribution in [-0.2, 0) is 16.0 Å². The molecule has 0 saturated heterocycles. The summed E-state index contributed by atoms with van der Waals surface area (Å²) in [4.78, 5) is 27.7. The van der Waals surface area contributed by atoms with Gasteiger partial charge in [0.05, 0.1) is 13.7 Å². The van der Waals surface area contributed by atoms with Crippen molar-refractivity contribution in [2.75, 3.05) is 20.3 Å². The normalized spacial score (nSPS) is 14.5. The molecule has 0 aliphatic heterocycles. The smallest absolute Gasteiger partial charge is 0.242 e. The summed E-state index contributed by atoms with van der Waals surface area (Å²) in [5.41, 5.74) is 1.15. The zero-order valence-corrected chi connectivity index (χ0v) is 19.8. The highest BCUT2D eigenvalue weighted by Crippen LogP contribution is 2.19. The van der Waals surface area contributed by atoms with Crippen molar-refractivity contribution in [3.63, 3.8) is 0 Å². The molecule has 0 radical (unpaired) electrons. The van der Waals surface area contributed by atoms with Crippen LogP contribution < -0.4 is 14.8 Å². The minimum Gasteiger partial charge on any atom is -0.497 e. The Morgan fingerprint density at radius 2 is 1.70 bits per heavy atom. The van der Waals surface area contributed by atoms with Crippen molar-refractivity contribution in [1.29, 1.82) is 0 Å². The van der Waals surface area contributed by atoms with Crippen LogP contribution >= 0.6 is 0 Å². The lowest BCUT2D eigenvalue weighted by Crippen LogP contribution is -2.50. The first-order valence-electron chi connectivity index (χ1n) is 12.0. The molecule has 1 atom stereocenters. The van der Waals surface area contributed by atoms with E-state index in [1.807, 2.05) is 49.4 Å². The maximum atomic E-state index is 13.1. The summed E-state index contributed by atoms with van der Waals surface area (Å²) in [5.74, 6) is 1.45. The second-order valence-electron chi connectivity index (χ2n) is 8.62. The van der Waals surface area contributed by atoms with Crippen molar-refractivity contribution < 1.29 is 19.1 Å². The number of amides is 2. The zero-order valence-electron chi connectivity index (χ0n) is 19.8. The van der Waals surface area contributed by atoms with Crippen molar-refractivity contribution in [2.45, 2.75) is 64.0 Å². The number of hydrogen-bond acceptors (Lipinski definition) is 4. The van der Waals surface area contributed by atoms with Gasteiger partial charge in [0, 0.05) is 19.0 Å². The third-order valence-corrected chi connectivity index (χ3v) is 6.22. The van der Waals surface area contributed by atoms with E-state index >= 15 is 0 Å². The first-order chi connectivity index (χ1) is 16.1. The van der Waals surface area contributed by atoms with Gasteiger partial charge in [-0.05, 0) is 62.4 Å². The summed E-state index contributed by atoms with van der Waals surface area (Å²) < 4.78 is 10.9. The van der Waals surface area contributed by atoms with Crippen LogP contribution in [0.3, 0.4) is 0 Å². The minimum absolute atomic E-state index is 0.0154. The molecule has 0 bridgehead atoms. The fourth-order valence-electron chi connectivity index (χ4n) is 4.19. The van der Waals surface area contributed by atoms with Gasteiger partial charge in [-0.2, -0.15) is 0 Å². The topological polar surface area (TPSA) is 67.9 Å². The number of carbonyl (C=O) groups is 2. The molecule has 1 N–H and O–H groups in total. The number of ether oxygens (including phenoxy) is 2. The summed E-state index contributed by atoms with van der Waals surface area (Å²) >= 11 is 0. The van der Waals surface area contributed by atoms with Gasteiger partial charge < -0.3 is 19.7 Å². The van der Waals surface area contributed by atoms with E-state index in [4.69, 9.17) is 9.47 Å². The number of carbonyl (C=O) groups excluding carboxylic acids is 2. The van der Waals surface area contributed by atoms with Crippen LogP contribution in [-0.4, -0.2) is 49.1 Å². The SMILES string of the molecule is COc1ccc(OCCCC(=O)N(CCc2ccccc2)[C@H](C)C(=O)NC2CCCC2)cc1. The first-order valence-corrected chi connectivity index (χ1v) is 12.0. The predicted octanol–water partition coefficient (Wildman–Crippen LogP) is 4.37. The molecule has 0 heterocycles. The van der Waals surface area contributed by atoms with Crippen LogP contribution in [0.1, 0.15) is 51.0 Å². The van der Waals surface area contributed by atoms with E-state index in [0.717, 1.165) is 49.2 Å². The summed E-state index contributed by atoms with van der Waals surface area (Å²) in [6.07, 6.45) is 6.01. The van der Waals surface area contributed by atoms with Gasteiger partial charge in [-0.15, -0.1) is 0 Å². The molecule has 1 saturated carbocycles. The van der Waals surface area contributed by atoms with Gasteiger partial charge in [0.2, 0.25) is 11.8 Å². The summed E-state index contributed by atoms with van der Waals surface area (Å²) in [7, 11) is 1.63. The number of rotatable bonds is 12. The van der Waals surface area contributed by atoms with Crippen molar-refractivity contribution in [3.05, 3.63) is 60.2 Å². The Morgan fingerprint density at radius 1 is 1.03 bits per heavy atom. The lowest BCUT2D eigenvalue weighted by Gasteiger charge is -2.30. The van der Waals surface area contributed by atoms with E-state index in [1.54, 1.807) is 12.0 Å². The van der Waals surface area contributed by atoms with Crippen LogP contribution in [0.4, 0.5) is 0 Å². The molecule has 2 amide bonds. The summed E-state index contributed by atoms with van der Waals surface area (Å²) in [6.45, 7) is 2.79. The maximum Gasteiger partial charge on any atom is 0.242 e. The Bertz CT molecular complexity index is 863. The van der Waals surface area contributed by atoms with E-state index < -0.39 is 6.04 Å². The number of nitrogens with one attached hydrogen (secondary N) is 1. The molecule has 2 aromatic rings. The average molecular weight is 453 g/mol. The highest BCUT2D eigenvalue weighted by Gasteiger charge is 2.27. The van der Waals surface area contributed by atoms with E-state index in [0.29, 0.717) is 26.0 Å². The first kappa shape index (κ1) is 24.6. The van der Waals surface area contributed by atoms with Crippen LogP contribution in [0, 0.1) is 0 Å². The zero-order chi connectivity index (χ0) is 23.5. The molecule has 33 heavy (non-hydrogen) atoms. The Hall–Kier alpha value is -3.02. The fraction of sp³-hybridized carbons (Fsp3) is 0.481. The van der Waals surface area contributed by atoms with Gasteiger partial charge >= 0.3 is 0 Å². The number of nitrogens with zero attached hydrogens (tertiary/aromatic N) is 1. The second kappa shape index (κ2) is 12.9. The van der Waals surface area contributed by atoms with E-state index in [9.17, 15) is 9.59 Å². The molecule has 6 nitrogen and oxygen atoms in total. The lowest BCUT2D eigenvalue weighted by atomic mass is 10.1. The third kappa shape index (κ3) is 7.81. The Kier molecular flexibility index (Phi) is 9.60. The molecular weight excluding hydrogens is 416 g/mol. The average Bonchev–Trinajstić information content (AvgIpc) is 3.36.